The first-order chi connectivity index (χ1) is 11.3. The van der Waals surface area contributed by atoms with Crippen LogP contribution >= 0.6 is 0 Å². The summed E-state index contributed by atoms with van der Waals surface area (Å²) in [7, 11) is 0. The molecular formula is C18H25FN4O. The van der Waals surface area contributed by atoms with Gasteiger partial charge in [-0.3, -0.25) is 4.79 Å². The normalized spacial score (nSPS) is 14.9. The van der Waals surface area contributed by atoms with Crippen molar-refractivity contribution in [2.75, 3.05) is 0 Å². The number of nitrogens with two attached hydrogens (primary N) is 1. The van der Waals surface area contributed by atoms with E-state index in [1.807, 2.05) is 27.7 Å². The average Bonchev–Trinajstić information content (AvgIpc) is 2.95. The fourth-order valence-corrected chi connectivity index (χ4v) is 2.59. The summed E-state index contributed by atoms with van der Waals surface area (Å²) >= 11 is 0. The lowest BCUT2D eigenvalue weighted by atomic mass is 9.99. The molecule has 3 N–H and O–H groups in total. The van der Waals surface area contributed by atoms with Gasteiger partial charge in [0, 0.05) is 11.3 Å². The van der Waals surface area contributed by atoms with Crippen molar-refractivity contribution in [2.45, 2.75) is 46.2 Å². The maximum absolute atomic E-state index is 13.1. The molecule has 3 unspecified atom stereocenters. The molecule has 130 valence electrons. The number of halogens is 1. The summed E-state index contributed by atoms with van der Waals surface area (Å²) in [4.78, 5) is 12.2. The highest BCUT2D eigenvalue weighted by Crippen LogP contribution is 2.20. The zero-order valence-corrected chi connectivity index (χ0v) is 14.6. The Labute approximate surface area is 142 Å². The van der Waals surface area contributed by atoms with E-state index in [0.29, 0.717) is 0 Å². The van der Waals surface area contributed by atoms with E-state index in [1.54, 1.807) is 23.0 Å². The van der Waals surface area contributed by atoms with Crippen molar-refractivity contribution in [1.82, 2.24) is 15.1 Å². The van der Waals surface area contributed by atoms with Crippen molar-refractivity contribution in [1.29, 1.82) is 0 Å². The van der Waals surface area contributed by atoms with E-state index in [9.17, 15) is 9.18 Å². The number of amides is 1. The first-order valence-corrected chi connectivity index (χ1v) is 8.21. The fourth-order valence-electron chi connectivity index (χ4n) is 2.59. The van der Waals surface area contributed by atoms with Crippen LogP contribution < -0.4 is 11.1 Å². The Kier molecular flexibility index (Phi) is 5.72. The topological polar surface area (TPSA) is 72.9 Å². The van der Waals surface area contributed by atoms with Crippen LogP contribution in [0.15, 0.2) is 30.5 Å². The molecule has 5 nitrogen and oxygen atoms in total. The third-order valence-corrected chi connectivity index (χ3v) is 4.50. The molecule has 2 rings (SSSR count). The molecule has 2 aromatic rings. The molecule has 1 heterocycles. The van der Waals surface area contributed by atoms with E-state index in [-0.39, 0.29) is 23.7 Å². The number of rotatable bonds is 6. The molecule has 0 saturated carbocycles. The average molecular weight is 332 g/mol. The highest BCUT2D eigenvalue weighted by atomic mass is 19.1. The first-order valence-electron chi connectivity index (χ1n) is 8.21. The highest BCUT2D eigenvalue weighted by Gasteiger charge is 2.23. The summed E-state index contributed by atoms with van der Waals surface area (Å²) in [6.07, 6.45) is 2.57. The Balaban J connectivity index is 2.15. The standard InChI is InChI=1S/C18H25FN4O/c1-5-11(2)17(20)18(24)22-12(3)16-10-21-23(13(16)4)15-8-6-14(19)7-9-15/h6-12,17H,5,20H2,1-4H3,(H,22,24). The number of hydrogen-bond donors (Lipinski definition) is 2. The van der Waals surface area contributed by atoms with Crippen LogP contribution in [0.1, 0.15) is 44.5 Å². The number of nitrogens with one attached hydrogen (secondary N) is 1. The highest BCUT2D eigenvalue weighted by molar-refractivity contribution is 5.82. The van der Waals surface area contributed by atoms with Crippen molar-refractivity contribution in [3.05, 3.63) is 47.5 Å². The number of carbonyl (C=O) groups is 1. The van der Waals surface area contributed by atoms with Crippen molar-refractivity contribution < 1.29 is 9.18 Å². The van der Waals surface area contributed by atoms with Gasteiger partial charge in [0.1, 0.15) is 5.82 Å². The van der Waals surface area contributed by atoms with Crippen LogP contribution in [0.4, 0.5) is 4.39 Å². The summed E-state index contributed by atoms with van der Waals surface area (Å²) < 4.78 is 14.8. The molecular weight excluding hydrogens is 307 g/mol. The summed E-state index contributed by atoms with van der Waals surface area (Å²) in [6.45, 7) is 7.80. The van der Waals surface area contributed by atoms with E-state index in [0.717, 1.165) is 23.4 Å². The lowest BCUT2D eigenvalue weighted by molar-refractivity contribution is -0.124. The predicted molar refractivity (Wildman–Crippen MR) is 92.2 cm³/mol. The second-order valence-electron chi connectivity index (χ2n) is 6.22. The quantitative estimate of drug-likeness (QED) is 0.854. The Morgan fingerprint density at radius 1 is 1.33 bits per heavy atom. The minimum Gasteiger partial charge on any atom is -0.348 e. The van der Waals surface area contributed by atoms with Gasteiger partial charge in [-0.25, -0.2) is 9.07 Å². The van der Waals surface area contributed by atoms with Gasteiger partial charge in [0.15, 0.2) is 0 Å². The van der Waals surface area contributed by atoms with Gasteiger partial charge in [0.2, 0.25) is 5.91 Å². The molecule has 0 aliphatic carbocycles. The monoisotopic (exact) mass is 332 g/mol. The molecule has 0 bridgehead atoms. The number of carbonyl (C=O) groups excluding carboxylic acids is 1. The van der Waals surface area contributed by atoms with Crippen molar-refractivity contribution >= 4 is 5.91 Å². The van der Waals surface area contributed by atoms with Gasteiger partial charge in [0.05, 0.1) is 24.0 Å². The van der Waals surface area contributed by atoms with Gasteiger partial charge in [-0.1, -0.05) is 20.3 Å². The van der Waals surface area contributed by atoms with E-state index in [4.69, 9.17) is 5.73 Å². The largest absolute Gasteiger partial charge is 0.348 e. The van der Waals surface area contributed by atoms with Gasteiger partial charge in [-0.2, -0.15) is 5.10 Å². The lowest BCUT2D eigenvalue weighted by Gasteiger charge is -2.21. The number of hydrogen-bond acceptors (Lipinski definition) is 3. The molecule has 0 saturated heterocycles. The van der Waals surface area contributed by atoms with Crippen molar-refractivity contribution in [3.8, 4) is 5.69 Å². The SMILES string of the molecule is CCC(C)C(N)C(=O)NC(C)c1cnn(-c2ccc(F)cc2)c1C. The summed E-state index contributed by atoms with van der Waals surface area (Å²) in [5.41, 5.74) is 8.55. The third kappa shape index (κ3) is 3.82. The lowest BCUT2D eigenvalue weighted by Crippen LogP contribution is -2.45. The minimum absolute atomic E-state index is 0.125. The van der Waals surface area contributed by atoms with Gasteiger partial charge < -0.3 is 11.1 Å². The van der Waals surface area contributed by atoms with Gasteiger partial charge in [-0.05, 0) is 44.0 Å². The Morgan fingerprint density at radius 2 is 1.96 bits per heavy atom. The zero-order valence-electron chi connectivity index (χ0n) is 14.6. The second kappa shape index (κ2) is 7.57. The third-order valence-electron chi connectivity index (χ3n) is 4.50. The maximum atomic E-state index is 13.1. The van der Waals surface area contributed by atoms with Crippen LogP contribution in [-0.4, -0.2) is 21.7 Å². The van der Waals surface area contributed by atoms with Crippen LogP contribution in [0.5, 0.6) is 0 Å². The van der Waals surface area contributed by atoms with Crippen LogP contribution in [0.25, 0.3) is 5.69 Å². The van der Waals surface area contributed by atoms with E-state index in [1.165, 1.54) is 12.1 Å². The Hall–Kier alpha value is -2.21. The van der Waals surface area contributed by atoms with Crippen molar-refractivity contribution in [3.63, 3.8) is 0 Å². The maximum Gasteiger partial charge on any atom is 0.237 e. The molecule has 3 atom stereocenters. The predicted octanol–water partition coefficient (Wildman–Crippen LogP) is 2.87. The molecule has 0 fully saturated rings. The van der Waals surface area contributed by atoms with E-state index in [2.05, 4.69) is 10.4 Å². The smallest absolute Gasteiger partial charge is 0.237 e. The molecule has 0 aliphatic heterocycles. The van der Waals surface area contributed by atoms with Gasteiger partial charge in [0.25, 0.3) is 0 Å². The molecule has 0 radical (unpaired) electrons. The van der Waals surface area contributed by atoms with Crippen LogP contribution in [0.2, 0.25) is 0 Å². The molecule has 1 aromatic carbocycles. The number of aromatic nitrogens is 2. The molecule has 1 amide bonds. The summed E-state index contributed by atoms with van der Waals surface area (Å²) in [6, 6.07) is 5.40. The molecule has 6 heteroatoms. The Morgan fingerprint density at radius 3 is 2.54 bits per heavy atom. The van der Waals surface area contributed by atoms with Crippen LogP contribution in [-0.2, 0) is 4.79 Å². The Bertz CT molecular complexity index is 696. The molecule has 24 heavy (non-hydrogen) atoms. The fraction of sp³-hybridized carbons (Fsp3) is 0.444. The van der Waals surface area contributed by atoms with Gasteiger partial charge in [-0.15, -0.1) is 0 Å². The van der Waals surface area contributed by atoms with Crippen LogP contribution in [0.3, 0.4) is 0 Å². The van der Waals surface area contributed by atoms with Gasteiger partial charge >= 0.3 is 0 Å². The minimum atomic E-state index is -0.523. The second-order valence-corrected chi connectivity index (χ2v) is 6.22. The van der Waals surface area contributed by atoms with Crippen molar-refractivity contribution in [2.24, 2.45) is 11.7 Å². The number of nitrogens with zero attached hydrogens (tertiary/aromatic N) is 2. The molecule has 1 aromatic heterocycles. The van der Waals surface area contributed by atoms with Crippen LogP contribution in [0, 0.1) is 18.7 Å². The first kappa shape index (κ1) is 18.1. The molecule has 0 spiro atoms. The van der Waals surface area contributed by atoms with E-state index >= 15 is 0 Å². The zero-order chi connectivity index (χ0) is 17.9. The summed E-state index contributed by atoms with van der Waals surface area (Å²) in [5.74, 6) is -0.325. The summed E-state index contributed by atoms with van der Waals surface area (Å²) in [5, 5.41) is 7.30. The molecule has 0 aliphatic rings. The van der Waals surface area contributed by atoms with E-state index < -0.39 is 6.04 Å². The number of benzene rings is 1.